The summed E-state index contributed by atoms with van der Waals surface area (Å²) in [5.41, 5.74) is 1.08. The van der Waals surface area contributed by atoms with E-state index in [9.17, 15) is 5.11 Å². The third-order valence-electron chi connectivity index (χ3n) is 2.62. The molecule has 0 amide bonds. The highest BCUT2D eigenvalue weighted by molar-refractivity contribution is 5.23. The van der Waals surface area contributed by atoms with Gasteiger partial charge in [0.15, 0.2) is 0 Å². The van der Waals surface area contributed by atoms with Crippen molar-refractivity contribution in [2.45, 2.75) is 71.8 Å². The summed E-state index contributed by atoms with van der Waals surface area (Å²) in [7, 11) is 0. The summed E-state index contributed by atoms with van der Waals surface area (Å²) in [6.45, 7) is 6.19. The molecule has 1 N–H and O–H groups in total. The lowest BCUT2D eigenvalue weighted by Crippen LogP contribution is -2.04. The zero-order valence-corrected chi connectivity index (χ0v) is 11.1. The molecule has 0 aromatic rings. The maximum absolute atomic E-state index is 9.58. The molecule has 0 saturated heterocycles. The van der Waals surface area contributed by atoms with Crippen molar-refractivity contribution in [3.63, 3.8) is 0 Å². The predicted molar refractivity (Wildman–Crippen MR) is 71.2 cm³/mol. The van der Waals surface area contributed by atoms with Crippen LogP contribution in [0.4, 0.5) is 0 Å². The van der Waals surface area contributed by atoms with Gasteiger partial charge in [-0.1, -0.05) is 45.0 Å². The number of hydrogen-bond donors (Lipinski definition) is 1. The van der Waals surface area contributed by atoms with Crippen molar-refractivity contribution >= 4 is 0 Å². The Labute approximate surface area is 101 Å². The Balaban J connectivity index is 4.06. The molecule has 1 nitrogen and oxygen atoms in total. The van der Waals surface area contributed by atoms with Crippen LogP contribution in [0.3, 0.4) is 0 Å². The van der Waals surface area contributed by atoms with Crippen LogP contribution in [0.1, 0.15) is 65.7 Å². The Kier molecular flexibility index (Phi) is 10.3. The summed E-state index contributed by atoms with van der Waals surface area (Å²) < 4.78 is 0. The van der Waals surface area contributed by atoms with E-state index in [1.807, 2.05) is 13.0 Å². The number of rotatable bonds is 7. The van der Waals surface area contributed by atoms with Gasteiger partial charge in [-0.05, 0) is 37.8 Å². The molecule has 1 atom stereocenters. The highest BCUT2D eigenvalue weighted by atomic mass is 16.3. The van der Waals surface area contributed by atoms with Gasteiger partial charge < -0.3 is 5.11 Å². The Morgan fingerprint density at radius 3 is 2.44 bits per heavy atom. The zero-order valence-electron chi connectivity index (χ0n) is 11.1. The molecule has 0 aromatic heterocycles. The minimum absolute atomic E-state index is 0.350. The molecule has 0 aliphatic carbocycles. The molecule has 0 bridgehead atoms. The van der Waals surface area contributed by atoms with Gasteiger partial charge in [-0.2, -0.15) is 0 Å². The lowest BCUT2D eigenvalue weighted by atomic mass is 10.0. The maximum Gasteiger partial charge on any atom is 0.0731 e. The Morgan fingerprint density at radius 2 is 1.88 bits per heavy atom. The number of hydrogen-bond acceptors (Lipinski definition) is 1. The van der Waals surface area contributed by atoms with Crippen LogP contribution < -0.4 is 0 Å². The molecule has 0 saturated carbocycles. The van der Waals surface area contributed by atoms with Crippen molar-refractivity contribution in [1.29, 1.82) is 0 Å². The quantitative estimate of drug-likeness (QED) is 0.508. The SMILES string of the molecule is CCCCC#C/C=C(/CCCCC)C(C)O. The first-order chi connectivity index (χ1) is 7.72. The van der Waals surface area contributed by atoms with E-state index in [0.29, 0.717) is 0 Å². The molecule has 16 heavy (non-hydrogen) atoms. The van der Waals surface area contributed by atoms with E-state index in [1.54, 1.807) is 0 Å². The van der Waals surface area contributed by atoms with Crippen LogP contribution in [0.25, 0.3) is 0 Å². The zero-order chi connectivity index (χ0) is 12.2. The molecule has 1 heteroatoms. The first kappa shape index (κ1) is 15.3. The molecule has 0 aliphatic rings. The highest BCUT2D eigenvalue weighted by Gasteiger charge is 2.02. The van der Waals surface area contributed by atoms with Crippen LogP contribution in [0.2, 0.25) is 0 Å². The summed E-state index contributed by atoms with van der Waals surface area (Å²) in [5.74, 6) is 6.18. The van der Waals surface area contributed by atoms with Gasteiger partial charge in [-0.3, -0.25) is 0 Å². The van der Waals surface area contributed by atoms with Crippen molar-refractivity contribution in [1.82, 2.24) is 0 Å². The molecule has 0 rings (SSSR count). The van der Waals surface area contributed by atoms with Crippen LogP contribution in [-0.4, -0.2) is 11.2 Å². The van der Waals surface area contributed by atoms with Gasteiger partial charge in [-0.15, -0.1) is 0 Å². The molecule has 0 fully saturated rings. The number of allylic oxidation sites excluding steroid dienone is 1. The van der Waals surface area contributed by atoms with E-state index in [-0.39, 0.29) is 6.10 Å². The van der Waals surface area contributed by atoms with Gasteiger partial charge in [0.25, 0.3) is 0 Å². The fraction of sp³-hybridized carbons (Fsp3) is 0.733. The van der Waals surface area contributed by atoms with E-state index in [0.717, 1.165) is 24.8 Å². The standard InChI is InChI=1S/C15H26O/c1-4-6-8-9-11-13-15(14(3)16)12-10-7-5-2/h13-14,16H,4-8,10,12H2,1-3H3/b15-13-. The summed E-state index contributed by atoms with van der Waals surface area (Å²) in [6, 6.07) is 0. The minimum atomic E-state index is -0.350. The van der Waals surface area contributed by atoms with Crippen molar-refractivity contribution in [2.75, 3.05) is 0 Å². The smallest absolute Gasteiger partial charge is 0.0731 e. The fourth-order valence-corrected chi connectivity index (χ4v) is 1.46. The Hall–Kier alpha value is -0.740. The number of aliphatic hydroxyl groups is 1. The van der Waals surface area contributed by atoms with Crippen LogP contribution in [0, 0.1) is 11.8 Å². The average Bonchev–Trinajstić information content (AvgIpc) is 2.26. The second kappa shape index (κ2) is 10.8. The predicted octanol–water partition coefficient (Wildman–Crippen LogP) is 4.07. The van der Waals surface area contributed by atoms with Crippen molar-refractivity contribution in [3.8, 4) is 11.8 Å². The molecular weight excluding hydrogens is 196 g/mol. The lowest BCUT2D eigenvalue weighted by molar-refractivity contribution is 0.226. The van der Waals surface area contributed by atoms with Crippen molar-refractivity contribution < 1.29 is 5.11 Å². The third kappa shape index (κ3) is 8.56. The van der Waals surface area contributed by atoms with Gasteiger partial charge in [0.1, 0.15) is 0 Å². The molecule has 0 aliphatic heterocycles. The lowest BCUT2D eigenvalue weighted by Gasteiger charge is -2.08. The van der Waals surface area contributed by atoms with E-state index in [4.69, 9.17) is 0 Å². The van der Waals surface area contributed by atoms with Crippen molar-refractivity contribution in [2.24, 2.45) is 0 Å². The summed E-state index contributed by atoms with van der Waals surface area (Å²) >= 11 is 0. The third-order valence-corrected chi connectivity index (χ3v) is 2.62. The summed E-state index contributed by atoms with van der Waals surface area (Å²) in [4.78, 5) is 0. The molecule has 0 spiro atoms. The summed E-state index contributed by atoms with van der Waals surface area (Å²) in [5, 5.41) is 9.58. The van der Waals surface area contributed by atoms with E-state index < -0.39 is 0 Å². The molecule has 1 unspecified atom stereocenters. The minimum Gasteiger partial charge on any atom is -0.389 e. The van der Waals surface area contributed by atoms with Crippen LogP contribution in [0.15, 0.2) is 11.6 Å². The molecular formula is C15H26O. The number of aliphatic hydroxyl groups excluding tert-OH is 1. The fourth-order valence-electron chi connectivity index (χ4n) is 1.46. The van der Waals surface area contributed by atoms with E-state index in [1.165, 1.54) is 25.7 Å². The molecule has 92 valence electrons. The first-order valence-electron chi connectivity index (χ1n) is 6.57. The van der Waals surface area contributed by atoms with Crippen LogP contribution in [-0.2, 0) is 0 Å². The van der Waals surface area contributed by atoms with Gasteiger partial charge in [-0.25, -0.2) is 0 Å². The van der Waals surface area contributed by atoms with Crippen LogP contribution >= 0.6 is 0 Å². The normalized spacial score (nSPS) is 13.1. The van der Waals surface area contributed by atoms with Gasteiger partial charge in [0, 0.05) is 6.42 Å². The highest BCUT2D eigenvalue weighted by Crippen LogP contribution is 2.12. The molecule has 0 aromatic carbocycles. The Morgan fingerprint density at radius 1 is 1.19 bits per heavy atom. The molecule has 0 radical (unpaired) electrons. The molecule has 0 heterocycles. The second-order valence-corrected chi connectivity index (χ2v) is 4.28. The average molecular weight is 222 g/mol. The van der Waals surface area contributed by atoms with E-state index in [2.05, 4.69) is 25.7 Å². The monoisotopic (exact) mass is 222 g/mol. The van der Waals surface area contributed by atoms with Gasteiger partial charge >= 0.3 is 0 Å². The van der Waals surface area contributed by atoms with E-state index >= 15 is 0 Å². The second-order valence-electron chi connectivity index (χ2n) is 4.28. The topological polar surface area (TPSA) is 20.2 Å². The Bertz CT molecular complexity index is 240. The summed E-state index contributed by atoms with van der Waals surface area (Å²) in [6.07, 6.45) is 9.47. The number of unbranched alkanes of at least 4 members (excludes halogenated alkanes) is 4. The first-order valence-corrected chi connectivity index (χ1v) is 6.57. The van der Waals surface area contributed by atoms with Crippen LogP contribution in [0.5, 0.6) is 0 Å². The van der Waals surface area contributed by atoms with Gasteiger partial charge in [0.2, 0.25) is 0 Å². The van der Waals surface area contributed by atoms with Gasteiger partial charge in [0.05, 0.1) is 6.10 Å². The maximum atomic E-state index is 9.58. The van der Waals surface area contributed by atoms with Crippen molar-refractivity contribution in [3.05, 3.63) is 11.6 Å². The largest absolute Gasteiger partial charge is 0.389 e.